The number of ether oxygens (including phenoxy) is 1. The maximum Gasteiger partial charge on any atom is 0.354 e. The highest BCUT2D eigenvalue weighted by atomic mass is 16.5. The van der Waals surface area contributed by atoms with E-state index in [-0.39, 0.29) is 11.9 Å². The molecule has 0 unspecified atom stereocenters. The van der Waals surface area contributed by atoms with Gasteiger partial charge in [-0.05, 0) is 26.7 Å². The highest BCUT2D eigenvalue weighted by molar-refractivity contribution is 6.36. The van der Waals surface area contributed by atoms with Crippen molar-refractivity contribution in [3.8, 4) is 0 Å². The van der Waals surface area contributed by atoms with Crippen LogP contribution in [0.15, 0.2) is 5.10 Å². The Morgan fingerprint density at radius 1 is 1.04 bits per heavy atom. The number of anilines is 3. The number of rotatable bonds is 10. The van der Waals surface area contributed by atoms with E-state index in [1.807, 2.05) is 27.7 Å². The largest absolute Gasteiger partial charge is 0.461 e. The van der Waals surface area contributed by atoms with Crippen LogP contribution in [-0.2, 0) is 9.53 Å². The van der Waals surface area contributed by atoms with Gasteiger partial charge in [0.1, 0.15) is 5.71 Å². The minimum absolute atomic E-state index is 0.252. The fraction of sp³-hybridized carbons (Fsp3) is 0.667. The molecule has 0 aliphatic heterocycles. The smallest absolute Gasteiger partial charge is 0.354 e. The molecule has 0 fully saturated rings. The van der Waals surface area contributed by atoms with Gasteiger partial charge in [-0.1, -0.05) is 13.8 Å². The van der Waals surface area contributed by atoms with E-state index < -0.39 is 5.97 Å². The number of carbonyl (C=O) groups is 1. The Hall–Kier alpha value is -2.45. The van der Waals surface area contributed by atoms with Gasteiger partial charge in [0.2, 0.25) is 17.8 Å². The zero-order chi connectivity index (χ0) is 17.9. The summed E-state index contributed by atoms with van der Waals surface area (Å²) in [6.07, 6.45) is 0.497. The van der Waals surface area contributed by atoms with Crippen LogP contribution >= 0.6 is 0 Å². The quantitative estimate of drug-likeness (QED) is 0.338. The van der Waals surface area contributed by atoms with E-state index >= 15 is 0 Å². The third-order valence-corrected chi connectivity index (χ3v) is 2.71. The van der Waals surface area contributed by atoms with Crippen molar-refractivity contribution in [1.82, 2.24) is 15.0 Å². The summed E-state index contributed by atoms with van der Waals surface area (Å²) < 4.78 is 5.03. The number of nitrogens with zero attached hydrogens (tertiary/aromatic N) is 4. The summed E-state index contributed by atoms with van der Waals surface area (Å²) in [4.78, 5) is 24.6. The van der Waals surface area contributed by atoms with Gasteiger partial charge in [0, 0.05) is 19.5 Å². The van der Waals surface area contributed by atoms with Crippen LogP contribution in [0.5, 0.6) is 0 Å². The van der Waals surface area contributed by atoms with Crippen LogP contribution in [0.2, 0.25) is 0 Å². The van der Waals surface area contributed by atoms with E-state index in [2.05, 4.69) is 36.1 Å². The predicted octanol–water partition coefficient (Wildman–Crippen LogP) is 2.11. The predicted molar refractivity (Wildman–Crippen MR) is 95.3 cm³/mol. The SMILES string of the molecule is CCNc1nc(NCC)nc(N/N=C(\CC(C)C)C(=O)OCC)n1. The van der Waals surface area contributed by atoms with Crippen molar-refractivity contribution < 1.29 is 9.53 Å². The van der Waals surface area contributed by atoms with Crippen LogP contribution in [-0.4, -0.2) is 46.3 Å². The molecule has 1 heterocycles. The van der Waals surface area contributed by atoms with Gasteiger partial charge in [-0.2, -0.15) is 20.1 Å². The molecule has 3 N–H and O–H groups in total. The maximum absolute atomic E-state index is 12.0. The lowest BCUT2D eigenvalue weighted by molar-refractivity contribution is -0.135. The van der Waals surface area contributed by atoms with Crippen molar-refractivity contribution >= 4 is 29.5 Å². The summed E-state index contributed by atoms with van der Waals surface area (Å²) in [5.41, 5.74) is 3.04. The topological polar surface area (TPSA) is 113 Å². The second-order valence-corrected chi connectivity index (χ2v) is 5.36. The lowest BCUT2D eigenvalue weighted by Gasteiger charge is -2.10. The van der Waals surface area contributed by atoms with Crippen LogP contribution in [0.25, 0.3) is 0 Å². The molecule has 0 aliphatic carbocycles. The lowest BCUT2D eigenvalue weighted by atomic mass is 10.1. The number of carbonyl (C=O) groups excluding carboxylic acids is 1. The maximum atomic E-state index is 12.0. The molecular weight excluding hydrogens is 310 g/mol. The van der Waals surface area contributed by atoms with E-state index in [1.54, 1.807) is 6.92 Å². The highest BCUT2D eigenvalue weighted by Gasteiger charge is 2.15. The van der Waals surface area contributed by atoms with Crippen LogP contribution in [0, 0.1) is 5.92 Å². The van der Waals surface area contributed by atoms with Gasteiger partial charge in [0.15, 0.2) is 0 Å². The third-order valence-electron chi connectivity index (χ3n) is 2.71. The van der Waals surface area contributed by atoms with E-state index in [4.69, 9.17) is 4.74 Å². The number of hydrogen-bond donors (Lipinski definition) is 3. The van der Waals surface area contributed by atoms with Crippen LogP contribution in [0.4, 0.5) is 17.8 Å². The van der Waals surface area contributed by atoms with Crippen LogP contribution < -0.4 is 16.1 Å². The molecule has 0 saturated carbocycles. The summed E-state index contributed by atoms with van der Waals surface area (Å²) in [5.74, 6) is 0.947. The molecule has 0 radical (unpaired) electrons. The zero-order valence-electron chi connectivity index (χ0n) is 15.0. The van der Waals surface area contributed by atoms with Gasteiger partial charge < -0.3 is 15.4 Å². The van der Waals surface area contributed by atoms with Crippen molar-refractivity contribution in [2.45, 2.75) is 41.0 Å². The number of aromatic nitrogens is 3. The molecule has 0 spiro atoms. The summed E-state index contributed by atoms with van der Waals surface area (Å²) in [7, 11) is 0. The third kappa shape index (κ3) is 6.76. The van der Waals surface area contributed by atoms with Gasteiger partial charge in [0.05, 0.1) is 6.61 Å². The van der Waals surface area contributed by atoms with Crippen molar-refractivity contribution in [2.24, 2.45) is 11.0 Å². The second kappa shape index (κ2) is 10.3. The molecule has 1 aromatic rings. The van der Waals surface area contributed by atoms with E-state index in [0.29, 0.717) is 43.7 Å². The summed E-state index contributed by atoms with van der Waals surface area (Å²) in [6, 6.07) is 0. The fourth-order valence-corrected chi connectivity index (χ4v) is 1.79. The van der Waals surface area contributed by atoms with Crippen molar-refractivity contribution in [1.29, 1.82) is 0 Å². The Labute approximate surface area is 142 Å². The Morgan fingerprint density at radius 3 is 2.04 bits per heavy atom. The minimum atomic E-state index is -0.438. The van der Waals surface area contributed by atoms with Crippen molar-refractivity contribution in [3.05, 3.63) is 0 Å². The summed E-state index contributed by atoms with van der Waals surface area (Å²) >= 11 is 0. The molecule has 1 aromatic heterocycles. The molecule has 1 rings (SSSR count). The first-order chi connectivity index (χ1) is 11.5. The van der Waals surface area contributed by atoms with Crippen LogP contribution in [0.3, 0.4) is 0 Å². The molecule has 0 aromatic carbocycles. The first kappa shape index (κ1) is 19.6. The highest BCUT2D eigenvalue weighted by Crippen LogP contribution is 2.10. The summed E-state index contributed by atoms with van der Waals surface area (Å²) in [6.45, 7) is 11.3. The molecule has 24 heavy (non-hydrogen) atoms. The average Bonchev–Trinajstić information content (AvgIpc) is 2.52. The number of nitrogens with one attached hydrogen (secondary N) is 3. The molecular formula is C15H27N7O2. The van der Waals surface area contributed by atoms with Crippen LogP contribution in [0.1, 0.15) is 41.0 Å². The minimum Gasteiger partial charge on any atom is -0.461 e. The van der Waals surface area contributed by atoms with Gasteiger partial charge in [0.25, 0.3) is 0 Å². The first-order valence-electron chi connectivity index (χ1n) is 8.23. The molecule has 9 heteroatoms. The average molecular weight is 337 g/mol. The van der Waals surface area contributed by atoms with Gasteiger partial charge in [-0.15, -0.1) is 0 Å². The Bertz CT molecular complexity index is 537. The second-order valence-electron chi connectivity index (χ2n) is 5.36. The number of esters is 1. The van der Waals surface area contributed by atoms with E-state index in [9.17, 15) is 4.79 Å². The van der Waals surface area contributed by atoms with Gasteiger partial charge in [-0.3, -0.25) is 0 Å². The molecule has 0 amide bonds. The number of hydrogen-bond acceptors (Lipinski definition) is 9. The number of hydrazone groups is 1. The Morgan fingerprint density at radius 2 is 1.58 bits per heavy atom. The van der Waals surface area contributed by atoms with Gasteiger partial charge >= 0.3 is 5.97 Å². The monoisotopic (exact) mass is 337 g/mol. The van der Waals surface area contributed by atoms with E-state index in [1.165, 1.54) is 0 Å². The van der Waals surface area contributed by atoms with Crippen molar-refractivity contribution in [3.63, 3.8) is 0 Å². The standard InChI is InChI=1S/C15H27N7O2/c1-6-16-13-18-14(17-7-2)20-15(19-13)22-21-11(9-10(4)5)12(23)24-8-3/h10H,6-9H2,1-5H3,(H3,16,17,18,19,20,22)/b21-11+. The molecule has 0 aliphatic rings. The van der Waals surface area contributed by atoms with E-state index in [0.717, 1.165) is 0 Å². The molecule has 0 atom stereocenters. The van der Waals surface area contributed by atoms with Gasteiger partial charge in [-0.25, -0.2) is 10.2 Å². The molecule has 0 bridgehead atoms. The lowest BCUT2D eigenvalue weighted by Crippen LogP contribution is -2.21. The zero-order valence-corrected chi connectivity index (χ0v) is 15.0. The molecule has 0 saturated heterocycles. The Kier molecular flexibility index (Phi) is 8.45. The van der Waals surface area contributed by atoms with Crippen molar-refractivity contribution in [2.75, 3.05) is 35.8 Å². The summed E-state index contributed by atoms with van der Waals surface area (Å²) in [5, 5.41) is 10.2. The molecule has 134 valence electrons. The Balaban J connectivity index is 2.99. The normalized spacial score (nSPS) is 11.3. The molecule has 9 nitrogen and oxygen atoms in total. The fourth-order valence-electron chi connectivity index (χ4n) is 1.79. The first-order valence-corrected chi connectivity index (χ1v) is 8.23.